The Morgan fingerprint density at radius 1 is 1.00 bits per heavy atom. The number of hydrogen-bond donors (Lipinski definition) is 2. The van der Waals surface area contributed by atoms with Crippen LogP contribution in [0.5, 0.6) is 0 Å². The molecule has 38 heavy (non-hydrogen) atoms. The average molecular weight is 523 g/mol. The quantitative estimate of drug-likeness (QED) is 0.231. The summed E-state index contributed by atoms with van der Waals surface area (Å²) in [5.74, 6) is 1.11. The molecule has 3 aromatic heterocycles. The molecular formula is C28H29F3N6O. The molecular weight excluding hydrogens is 493 g/mol. The van der Waals surface area contributed by atoms with E-state index >= 15 is 0 Å². The van der Waals surface area contributed by atoms with E-state index in [1.54, 1.807) is 6.07 Å². The van der Waals surface area contributed by atoms with Crippen LogP contribution in [0, 0.1) is 11.3 Å². The third-order valence-electron chi connectivity index (χ3n) is 5.90. The molecule has 0 bridgehead atoms. The number of nitrogens with one attached hydrogen (secondary N) is 2. The van der Waals surface area contributed by atoms with Crippen molar-refractivity contribution >= 4 is 28.8 Å². The molecule has 0 unspecified atom stereocenters. The number of ether oxygens (including phenoxy) is 1. The zero-order valence-corrected chi connectivity index (χ0v) is 21.6. The molecule has 2 N–H and O–H groups in total. The van der Waals surface area contributed by atoms with Crippen molar-refractivity contribution in [1.82, 2.24) is 19.9 Å². The summed E-state index contributed by atoms with van der Waals surface area (Å²) in [6, 6.07) is 13.0. The summed E-state index contributed by atoms with van der Waals surface area (Å²) >= 11 is 0. The van der Waals surface area contributed by atoms with E-state index in [2.05, 4.69) is 25.3 Å². The summed E-state index contributed by atoms with van der Waals surface area (Å²) in [5, 5.41) is 11.5. The summed E-state index contributed by atoms with van der Waals surface area (Å²) in [5.41, 5.74) is 0.477. The van der Waals surface area contributed by atoms with Gasteiger partial charge in [-0.3, -0.25) is 4.98 Å². The Kier molecular flexibility index (Phi) is 7.73. The molecule has 0 fully saturated rings. The molecule has 10 heteroatoms. The number of pyridine rings is 2. The topological polar surface area (TPSA) is 96.7 Å². The third-order valence-corrected chi connectivity index (χ3v) is 5.90. The van der Waals surface area contributed by atoms with Gasteiger partial charge in [-0.1, -0.05) is 39.8 Å². The summed E-state index contributed by atoms with van der Waals surface area (Å²) in [6.45, 7) is 8.59. The molecule has 0 aliphatic rings. The Morgan fingerprint density at radius 2 is 1.74 bits per heavy atom. The smallest absolute Gasteiger partial charge is 0.373 e. The van der Waals surface area contributed by atoms with Crippen LogP contribution in [0.3, 0.4) is 0 Å². The Morgan fingerprint density at radius 3 is 2.39 bits per heavy atom. The van der Waals surface area contributed by atoms with Gasteiger partial charge in [0.15, 0.2) is 11.5 Å². The maximum Gasteiger partial charge on any atom is 0.418 e. The number of nitrogens with zero attached hydrogens (tertiary/aromatic N) is 4. The standard InChI is InChI=1S/C28H29F3N6O/c1-17(2)14-38-15-23-36-25(34-19-9-7-18(8-10-19)27(3,4)16-32)20-11-12-22(35-26(20)37-23)24-21(28(29,30)31)6-5-13-33-24/h5-13,16-17,32H,14-15H2,1-4H3,(H,34,35,36,37). The molecule has 0 spiro atoms. The Bertz CT molecular complexity index is 1440. The van der Waals surface area contributed by atoms with E-state index in [0.717, 1.165) is 17.3 Å². The van der Waals surface area contributed by atoms with Crippen LogP contribution in [0.1, 0.15) is 44.6 Å². The van der Waals surface area contributed by atoms with Gasteiger partial charge in [0.1, 0.15) is 18.1 Å². The van der Waals surface area contributed by atoms with Crippen molar-refractivity contribution in [3.05, 3.63) is 71.7 Å². The summed E-state index contributed by atoms with van der Waals surface area (Å²) in [7, 11) is 0. The zero-order valence-electron chi connectivity index (χ0n) is 21.6. The van der Waals surface area contributed by atoms with Crippen LogP contribution in [0.25, 0.3) is 22.4 Å². The summed E-state index contributed by atoms with van der Waals surface area (Å²) < 4.78 is 46.6. The highest BCUT2D eigenvalue weighted by Gasteiger charge is 2.34. The van der Waals surface area contributed by atoms with Gasteiger partial charge in [0, 0.05) is 30.1 Å². The van der Waals surface area contributed by atoms with Crippen molar-refractivity contribution in [2.24, 2.45) is 5.92 Å². The van der Waals surface area contributed by atoms with Crippen LogP contribution in [0.4, 0.5) is 24.7 Å². The molecule has 0 aliphatic heterocycles. The minimum atomic E-state index is -4.58. The van der Waals surface area contributed by atoms with Gasteiger partial charge in [0.2, 0.25) is 0 Å². The first-order chi connectivity index (χ1) is 18.0. The highest BCUT2D eigenvalue weighted by Crippen LogP contribution is 2.36. The van der Waals surface area contributed by atoms with Gasteiger partial charge >= 0.3 is 6.18 Å². The van der Waals surface area contributed by atoms with Crippen LogP contribution >= 0.6 is 0 Å². The van der Waals surface area contributed by atoms with E-state index in [0.29, 0.717) is 29.6 Å². The molecule has 4 rings (SSSR count). The van der Waals surface area contributed by atoms with E-state index in [-0.39, 0.29) is 23.6 Å². The summed E-state index contributed by atoms with van der Waals surface area (Å²) in [6.07, 6.45) is -1.88. The van der Waals surface area contributed by atoms with Crippen molar-refractivity contribution in [2.45, 2.75) is 45.9 Å². The number of anilines is 2. The van der Waals surface area contributed by atoms with Crippen molar-refractivity contribution in [1.29, 1.82) is 5.41 Å². The van der Waals surface area contributed by atoms with Gasteiger partial charge in [-0.05, 0) is 47.9 Å². The molecule has 7 nitrogen and oxygen atoms in total. The normalized spacial score (nSPS) is 12.2. The number of halogens is 3. The minimum absolute atomic E-state index is 0.0577. The fraction of sp³-hybridized carbons (Fsp3) is 0.321. The lowest BCUT2D eigenvalue weighted by atomic mass is 9.86. The first-order valence-electron chi connectivity index (χ1n) is 12.1. The van der Waals surface area contributed by atoms with Crippen LogP contribution in [-0.2, 0) is 22.9 Å². The SMILES string of the molecule is CC(C)COCc1nc(Nc2ccc(C(C)(C)C=N)cc2)c2ccc(-c3ncccc3C(F)(F)F)nc2n1. The lowest BCUT2D eigenvalue weighted by molar-refractivity contribution is -0.137. The fourth-order valence-electron chi connectivity index (χ4n) is 3.77. The Balaban J connectivity index is 1.76. The van der Waals surface area contributed by atoms with Crippen molar-refractivity contribution in [3.63, 3.8) is 0 Å². The van der Waals surface area contributed by atoms with Gasteiger partial charge in [0.25, 0.3) is 0 Å². The van der Waals surface area contributed by atoms with Gasteiger partial charge in [0.05, 0.1) is 16.6 Å². The van der Waals surface area contributed by atoms with Crippen LogP contribution in [-0.4, -0.2) is 32.8 Å². The number of rotatable bonds is 9. The first kappa shape index (κ1) is 27.1. The molecule has 0 saturated heterocycles. The van der Waals surface area contributed by atoms with Gasteiger partial charge in [-0.15, -0.1) is 0 Å². The second-order valence-electron chi connectivity index (χ2n) is 9.93. The molecule has 0 radical (unpaired) electrons. The first-order valence-corrected chi connectivity index (χ1v) is 12.1. The monoisotopic (exact) mass is 522 g/mol. The van der Waals surface area contributed by atoms with Crippen molar-refractivity contribution < 1.29 is 17.9 Å². The largest absolute Gasteiger partial charge is 0.418 e. The number of fused-ring (bicyclic) bond motifs is 1. The molecule has 3 heterocycles. The Hall–Kier alpha value is -3.92. The van der Waals surface area contributed by atoms with E-state index in [4.69, 9.17) is 10.1 Å². The lowest BCUT2D eigenvalue weighted by Crippen LogP contribution is -2.17. The second-order valence-corrected chi connectivity index (χ2v) is 9.93. The number of aromatic nitrogens is 4. The van der Waals surface area contributed by atoms with E-state index < -0.39 is 17.2 Å². The molecule has 198 valence electrons. The number of alkyl halides is 3. The molecule has 0 atom stereocenters. The fourth-order valence-corrected chi connectivity index (χ4v) is 3.77. The van der Waals surface area contributed by atoms with Gasteiger partial charge < -0.3 is 15.5 Å². The van der Waals surface area contributed by atoms with Crippen LogP contribution < -0.4 is 5.32 Å². The van der Waals surface area contributed by atoms with Crippen molar-refractivity contribution in [2.75, 3.05) is 11.9 Å². The average Bonchev–Trinajstić information content (AvgIpc) is 2.88. The van der Waals surface area contributed by atoms with Gasteiger partial charge in [-0.2, -0.15) is 13.2 Å². The lowest BCUT2D eigenvalue weighted by Gasteiger charge is -2.19. The molecule has 4 aromatic rings. The molecule has 0 aliphatic carbocycles. The highest BCUT2D eigenvalue weighted by atomic mass is 19.4. The minimum Gasteiger partial charge on any atom is -0.373 e. The van der Waals surface area contributed by atoms with E-state index in [9.17, 15) is 13.2 Å². The molecule has 1 aromatic carbocycles. The third kappa shape index (κ3) is 6.13. The molecule has 0 amide bonds. The van der Waals surface area contributed by atoms with Crippen LogP contribution in [0.2, 0.25) is 0 Å². The second kappa shape index (κ2) is 10.8. The summed E-state index contributed by atoms with van der Waals surface area (Å²) in [4.78, 5) is 17.5. The van der Waals surface area contributed by atoms with Crippen LogP contribution in [0.15, 0.2) is 54.7 Å². The number of hydrogen-bond acceptors (Lipinski definition) is 7. The van der Waals surface area contributed by atoms with Crippen molar-refractivity contribution in [3.8, 4) is 11.4 Å². The predicted octanol–water partition coefficient (Wildman–Crippen LogP) is 6.95. The van der Waals surface area contributed by atoms with E-state index in [1.807, 2.05) is 52.0 Å². The highest BCUT2D eigenvalue weighted by molar-refractivity contribution is 5.90. The number of benzene rings is 1. The maximum absolute atomic E-state index is 13.6. The van der Waals surface area contributed by atoms with E-state index in [1.165, 1.54) is 24.5 Å². The molecule has 0 saturated carbocycles. The Labute approximate surface area is 219 Å². The van der Waals surface area contributed by atoms with Gasteiger partial charge in [-0.25, -0.2) is 15.0 Å². The zero-order chi connectivity index (χ0) is 27.5. The predicted molar refractivity (Wildman–Crippen MR) is 142 cm³/mol. The maximum atomic E-state index is 13.6.